The van der Waals surface area contributed by atoms with Crippen molar-refractivity contribution in [1.29, 1.82) is 0 Å². The fourth-order valence-corrected chi connectivity index (χ4v) is 0. The molecule has 0 fully saturated rings. The van der Waals surface area contributed by atoms with Crippen LogP contribution in [0.15, 0.2) is 0 Å². The maximum atomic E-state index is 9.00. The molecule has 0 aromatic rings. The van der Waals surface area contributed by atoms with Crippen molar-refractivity contribution in [3.63, 3.8) is 0 Å². The van der Waals surface area contributed by atoms with E-state index in [1.165, 1.54) is 0 Å². The molecule has 0 spiro atoms. The van der Waals surface area contributed by atoms with Crippen LogP contribution in [-0.2, 0) is 4.79 Å². The van der Waals surface area contributed by atoms with Gasteiger partial charge in [0.25, 0.3) is 5.97 Å². The molecule has 0 aliphatic rings. The SMILES string of the molecule is CC(=O)O.P.[Ca+2].[H-].[H-]. The fourth-order valence-electron chi connectivity index (χ4n) is 0. The van der Waals surface area contributed by atoms with Gasteiger partial charge in [0.15, 0.2) is 0 Å². The number of hydrogen-bond donors (Lipinski definition) is 1. The minimum Gasteiger partial charge on any atom is -1.00 e. The van der Waals surface area contributed by atoms with Gasteiger partial charge in [0.05, 0.1) is 0 Å². The van der Waals surface area contributed by atoms with Crippen molar-refractivity contribution in [2.45, 2.75) is 6.92 Å². The van der Waals surface area contributed by atoms with E-state index in [1.807, 2.05) is 0 Å². The summed E-state index contributed by atoms with van der Waals surface area (Å²) >= 11 is 0. The van der Waals surface area contributed by atoms with Gasteiger partial charge in [-0.25, -0.2) is 0 Å². The van der Waals surface area contributed by atoms with E-state index < -0.39 is 5.97 Å². The summed E-state index contributed by atoms with van der Waals surface area (Å²) < 4.78 is 0. The number of aliphatic carboxylic acids is 1. The van der Waals surface area contributed by atoms with Gasteiger partial charge in [0.2, 0.25) is 0 Å². The van der Waals surface area contributed by atoms with Crippen LogP contribution in [0.1, 0.15) is 9.78 Å². The molecule has 0 bridgehead atoms. The molecule has 6 heavy (non-hydrogen) atoms. The molecule has 0 aliphatic carbocycles. The molecule has 1 unspecified atom stereocenters. The average molecular weight is 136 g/mol. The van der Waals surface area contributed by atoms with Crippen molar-refractivity contribution >= 4 is 53.6 Å². The Morgan fingerprint density at radius 2 is 1.83 bits per heavy atom. The molecule has 0 aliphatic heterocycles. The predicted octanol–water partition coefficient (Wildman–Crippen LogP) is -0.00680. The summed E-state index contributed by atoms with van der Waals surface area (Å²) in [5, 5.41) is 7.42. The van der Waals surface area contributed by atoms with Crippen molar-refractivity contribution in [2.24, 2.45) is 0 Å². The third-order valence-corrected chi connectivity index (χ3v) is 0. The zero-order valence-electron chi connectivity index (χ0n) is 5.77. The van der Waals surface area contributed by atoms with Crippen LogP contribution in [0.4, 0.5) is 0 Å². The first-order chi connectivity index (χ1) is 1.73. The molecule has 0 saturated carbocycles. The van der Waals surface area contributed by atoms with E-state index in [2.05, 4.69) is 0 Å². The molecule has 0 heterocycles. The van der Waals surface area contributed by atoms with Crippen LogP contribution < -0.4 is 0 Å². The summed E-state index contributed by atoms with van der Waals surface area (Å²) in [6.45, 7) is 1.08. The molecule has 2 nitrogen and oxygen atoms in total. The Labute approximate surface area is 72.9 Å². The minimum absolute atomic E-state index is 0. The second kappa shape index (κ2) is 9.48. The molecular weight excluding hydrogens is 127 g/mol. The molecule has 0 aromatic heterocycles. The first-order valence-corrected chi connectivity index (χ1v) is 0.928. The monoisotopic (exact) mass is 136 g/mol. The number of carboxylic acid groups (broad SMARTS) is 1. The molecular formula is C2H9CaO2P. The number of carboxylic acids is 1. The topological polar surface area (TPSA) is 37.3 Å². The Kier molecular flexibility index (Phi) is 24.8. The Morgan fingerprint density at radius 3 is 1.83 bits per heavy atom. The summed E-state index contributed by atoms with van der Waals surface area (Å²) in [4.78, 5) is 9.00. The van der Waals surface area contributed by atoms with Crippen molar-refractivity contribution in [3.8, 4) is 0 Å². The van der Waals surface area contributed by atoms with Crippen LogP contribution >= 0.6 is 9.90 Å². The van der Waals surface area contributed by atoms with Gasteiger partial charge in [-0.3, -0.25) is 4.79 Å². The maximum absolute atomic E-state index is 9.00. The summed E-state index contributed by atoms with van der Waals surface area (Å²) in [6, 6.07) is 0. The van der Waals surface area contributed by atoms with Crippen molar-refractivity contribution in [3.05, 3.63) is 0 Å². The molecule has 0 aromatic carbocycles. The van der Waals surface area contributed by atoms with E-state index in [9.17, 15) is 0 Å². The van der Waals surface area contributed by atoms with Gasteiger partial charge in [0.1, 0.15) is 0 Å². The Balaban J connectivity index is -0.00000000750. The average Bonchev–Trinajstić information content (AvgIpc) is 0.811. The normalized spacial score (nSPS) is 4.17. The third kappa shape index (κ3) is 66.4. The van der Waals surface area contributed by atoms with Gasteiger partial charge in [-0.1, -0.05) is 0 Å². The van der Waals surface area contributed by atoms with Crippen LogP contribution in [0.3, 0.4) is 0 Å². The van der Waals surface area contributed by atoms with Gasteiger partial charge in [0, 0.05) is 6.92 Å². The second-order valence-corrected chi connectivity index (χ2v) is 0.519. The molecule has 4 heteroatoms. The maximum Gasteiger partial charge on any atom is 2.00 e. The Bertz CT molecular complexity index is 41.0. The largest absolute Gasteiger partial charge is 2.00 e. The van der Waals surface area contributed by atoms with Gasteiger partial charge >= 0.3 is 37.7 Å². The molecule has 36 valence electrons. The summed E-state index contributed by atoms with van der Waals surface area (Å²) in [7, 11) is 0. The Morgan fingerprint density at radius 1 is 1.83 bits per heavy atom. The molecule has 1 N–H and O–H groups in total. The molecule has 0 rings (SSSR count). The van der Waals surface area contributed by atoms with Crippen LogP contribution in [-0.4, -0.2) is 48.8 Å². The minimum atomic E-state index is -0.833. The fraction of sp³-hybridized carbons (Fsp3) is 0.500. The van der Waals surface area contributed by atoms with Gasteiger partial charge < -0.3 is 7.96 Å². The van der Waals surface area contributed by atoms with E-state index in [-0.39, 0.29) is 50.5 Å². The quantitative estimate of drug-likeness (QED) is 0.376. The molecule has 0 amide bonds. The smallest absolute Gasteiger partial charge is 1.00 e. The van der Waals surface area contributed by atoms with Gasteiger partial charge in [-0.15, -0.1) is 0 Å². The summed E-state index contributed by atoms with van der Waals surface area (Å²) in [5.41, 5.74) is 0. The van der Waals surface area contributed by atoms with Crippen molar-refractivity contribution in [1.82, 2.24) is 0 Å². The summed E-state index contributed by atoms with van der Waals surface area (Å²) in [5.74, 6) is -0.833. The van der Waals surface area contributed by atoms with E-state index in [4.69, 9.17) is 9.90 Å². The zero-order chi connectivity index (χ0) is 3.58. The standard InChI is InChI=1S/C2H4O2.Ca.H3P.2H/c1-2(3)4;;;;/h1H3,(H,3,4);;1H3;;/q;+2;;2*-1. The predicted molar refractivity (Wildman–Crippen MR) is 32.4 cm³/mol. The first kappa shape index (κ1) is 15.7. The first-order valence-electron chi connectivity index (χ1n) is 0.928. The molecule has 1 atom stereocenters. The third-order valence-electron chi connectivity index (χ3n) is 0. The van der Waals surface area contributed by atoms with Crippen LogP contribution in [0.25, 0.3) is 0 Å². The van der Waals surface area contributed by atoms with Crippen LogP contribution in [0.5, 0.6) is 0 Å². The van der Waals surface area contributed by atoms with E-state index in [0.29, 0.717) is 0 Å². The molecule has 0 radical (unpaired) electrons. The molecule has 0 saturated heterocycles. The number of carbonyl (C=O) groups is 1. The van der Waals surface area contributed by atoms with Crippen molar-refractivity contribution < 1.29 is 12.8 Å². The number of hydrogen-bond acceptors (Lipinski definition) is 1. The van der Waals surface area contributed by atoms with Gasteiger partial charge in [-0.2, -0.15) is 9.90 Å². The van der Waals surface area contributed by atoms with E-state index in [0.717, 1.165) is 6.92 Å². The number of rotatable bonds is 0. The van der Waals surface area contributed by atoms with Crippen LogP contribution in [0, 0.1) is 0 Å². The summed E-state index contributed by atoms with van der Waals surface area (Å²) in [6.07, 6.45) is 0. The van der Waals surface area contributed by atoms with E-state index in [1.54, 1.807) is 0 Å². The second-order valence-electron chi connectivity index (χ2n) is 0.519. The Hall–Kier alpha value is 1.16. The zero-order valence-corrected chi connectivity index (χ0v) is 7.39. The van der Waals surface area contributed by atoms with Crippen molar-refractivity contribution in [2.75, 3.05) is 0 Å². The van der Waals surface area contributed by atoms with E-state index >= 15 is 0 Å². The van der Waals surface area contributed by atoms with Gasteiger partial charge in [-0.05, 0) is 0 Å². The van der Waals surface area contributed by atoms with Crippen LogP contribution in [0.2, 0.25) is 0 Å².